The molecule has 4 aliphatic rings. The maximum absolute atomic E-state index is 11.3. The van der Waals surface area contributed by atoms with E-state index in [1.54, 1.807) is 0 Å². The van der Waals surface area contributed by atoms with Gasteiger partial charge in [-0.25, -0.2) is 0 Å². The number of hydrogen-bond acceptors (Lipinski definition) is 3. The summed E-state index contributed by atoms with van der Waals surface area (Å²) >= 11 is 0. The minimum absolute atomic E-state index is 0.145. The Bertz CT molecular complexity index is 564. The van der Waals surface area contributed by atoms with Gasteiger partial charge in [-0.2, -0.15) is 0 Å². The van der Waals surface area contributed by atoms with Crippen LogP contribution in [0.15, 0.2) is 0 Å². The molecule has 0 aromatic heterocycles. The Kier molecular flexibility index (Phi) is 6.42. The predicted octanol–water partition coefficient (Wildman–Crippen LogP) is 5.17. The minimum Gasteiger partial charge on any atom is -0.396 e. The molecule has 0 aliphatic heterocycles. The molecule has 0 amide bonds. The van der Waals surface area contributed by atoms with Crippen LogP contribution in [0, 0.1) is 46.3 Å². The molecule has 0 saturated heterocycles. The van der Waals surface area contributed by atoms with E-state index in [-0.39, 0.29) is 12.2 Å². The van der Waals surface area contributed by atoms with Gasteiger partial charge in [0.2, 0.25) is 0 Å². The van der Waals surface area contributed by atoms with E-state index in [1.807, 2.05) is 0 Å². The van der Waals surface area contributed by atoms with Crippen LogP contribution in [-0.2, 0) is 0 Å². The number of aliphatic hydroxyl groups is 3. The number of hydrogen-bond donors (Lipinski definition) is 3. The largest absolute Gasteiger partial charge is 0.396 e. The lowest BCUT2D eigenvalue weighted by atomic mass is 9.43. The van der Waals surface area contributed by atoms with E-state index in [9.17, 15) is 10.2 Å². The van der Waals surface area contributed by atoms with Crippen LogP contribution in [0.25, 0.3) is 0 Å². The Hall–Kier alpha value is -0.120. The van der Waals surface area contributed by atoms with Crippen molar-refractivity contribution in [3.63, 3.8) is 0 Å². The van der Waals surface area contributed by atoms with Crippen LogP contribution >= 0.6 is 0 Å². The van der Waals surface area contributed by atoms with Gasteiger partial charge in [-0.3, -0.25) is 0 Å². The Morgan fingerprint density at radius 2 is 1.59 bits per heavy atom. The zero-order valence-corrected chi connectivity index (χ0v) is 19.2. The molecule has 4 rings (SSSR count). The summed E-state index contributed by atoms with van der Waals surface area (Å²) in [6.45, 7) is 7.88. The van der Waals surface area contributed by atoms with Gasteiger partial charge in [0.15, 0.2) is 0 Å². The molecule has 0 aromatic rings. The van der Waals surface area contributed by atoms with Crippen molar-refractivity contribution in [3.05, 3.63) is 0 Å². The Morgan fingerprint density at radius 1 is 0.862 bits per heavy atom. The van der Waals surface area contributed by atoms with Crippen LogP contribution in [0.5, 0.6) is 0 Å². The third-order valence-electron chi connectivity index (χ3n) is 10.7. The standard InChI is InChI=1S/C26H46O3/c1-17(7-5-4-6-14-27)20-8-9-21-24-22(11-13-26(20,21)3)25(2)12-10-19(28)15-18(25)16-23(24)29/h17-24,27-29H,4-16H2,1-3H3/t17-,18+,19-,20-,21?,22?,23?,24?,25+,26-/m1/s1. The Morgan fingerprint density at radius 3 is 2.34 bits per heavy atom. The van der Waals surface area contributed by atoms with Gasteiger partial charge in [0.1, 0.15) is 0 Å². The number of fused-ring (bicyclic) bond motifs is 5. The van der Waals surface area contributed by atoms with Crippen LogP contribution < -0.4 is 0 Å². The van der Waals surface area contributed by atoms with Crippen molar-refractivity contribution in [2.45, 2.75) is 110 Å². The Balaban J connectivity index is 1.49. The van der Waals surface area contributed by atoms with Gasteiger partial charge in [0.25, 0.3) is 0 Å². The summed E-state index contributed by atoms with van der Waals surface area (Å²) in [5, 5.41) is 30.6. The van der Waals surface area contributed by atoms with Gasteiger partial charge in [-0.05, 0) is 104 Å². The zero-order valence-electron chi connectivity index (χ0n) is 19.2. The van der Waals surface area contributed by atoms with Crippen LogP contribution in [0.4, 0.5) is 0 Å². The average molecular weight is 407 g/mol. The highest BCUT2D eigenvalue weighted by atomic mass is 16.3. The monoisotopic (exact) mass is 406 g/mol. The van der Waals surface area contributed by atoms with E-state index in [4.69, 9.17) is 5.11 Å². The third-order valence-corrected chi connectivity index (χ3v) is 10.7. The predicted molar refractivity (Wildman–Crippen MR) is 117 cm³/mol. The van der Waals surface area contributed by atoms with E-state index in [1.165, 1.54) is 38.5 Å². The quantitative estimate of drug-likeness (QED) is 0.534. The summed E-state index contributed by atoms with van der Waals surface area (Å²) in [6.07, 6.45) is 13.5. The van der Waals surface area contributed by atoms with Gasteiger partial charge in [-0.15, -0.1) is 0 Å². The van der Waals surface area contributed by atoms with Gasteiger partial charge >= 0.3 is 0 Å². The van der Waals surface area contributed by atoms with Crippen LogP contribution in [0.2, 0.25) is 0 Å². The van der Waals surface area contributed by atoms with E-state index in [2.05, 4.69) is 20.8 Å². The van der Waals surface area contributed by atoms with E-state index < -0.39 is 0 Å². The summed E-state index contributed by atoms with van der Waals surface area (Å²) in [7, 11) is 0. The molecule has 4 aliphatic carbocycles. The summed E-state index contributed by atoms with van der Waals surface area (Å²) in [6, 6.07) is 0. The van der Waals surface area contributed by atoms with E-state index in [0.717, 1.165) is 50.4 Å². The second-order valence-electron chi connectivity index (χ2n) is 12.0. The molecule has 0 radical (unpaired) electrons. The first kappa shape index (κ1) is 22.1. The molecule has 4 fully saturated rings. The highest BCUT2D eigenvalue weighted by molar-refractivity contribution is 5.11. The normalized spacial score (nSPS) is 50.5. The van der Waals surface area contributed by atoms with Gasteiger partial charge < -0.3 is 15.3 Å². The molecule has 3 heteroatoms. The highest BCUT2D eigenvalue weighted by Crippen LogP contribution is 2.68. The number of rotatable bonds is 6. The fraction of sp³-hybridized carbons (Fsp3) is 1.00. The first-order valence-electron chi connectivity index (χ1n) is 12.8. The molecule has 29 heavy (non-hydrogen) atoms. The summed E-state index contributed by atoms with van der Waals surface area (Å²) in [5.74, 6) is 3.89. The highest BCUT2D eigenvalue weighted by Gasteiger charge is 2.62. The van der Waals surface area contributed by atoms with Crippen molar-refractivity contribution in [3.8, 4) is 0 Å². The summed E-state index contributed by atoms with van der Waals surface area (Å²) in [4.78, 5) is 0. The van der Waals surface area contributed by atoms with Crippen molar-refractivity contribution < 1.29 is 15.3 Å². The molecule has 3 N–H and O–H groups in total. The minimum atomic E-state index is -0.161. The molecule has 3 nitrogen and oxygen atoms in total. The lowest BCUT2D eigenvalue weighted by Crippen LogP contribution is -2.58. The first-order chi connectivity index (χ1) is 13.8. The van der Waals surface area contributed by atoms with E-state index >= 15 is 0 Å². The van der Waals surface area contributed by atoms with Gasteiger partial charge in [0, 0.05) is 6.61 Å². The topological polar surface area (TPSA) is 60.7 Å². The zero-order chi connectivity index (χ0) is 20.8. The molecular weight excluding hydrogens is 360 g/mol. The third kappa shape index (κ3) is 3.72. The summed E-state index contributed by atoms with van der Waals surface area (Å²) in [5.41, 5.74) is 0.731. The maximum Gasteiger partial charge on any atom is 0.0577 e. The molecule has 168 valence electrons. The number of unbranched alkanes of at least 4 members (excludes halogenated alkanes) is 2. The van der Waals surface area contributed by atoms with Crippen LogP contribution in [-0.4, -0.2) is 34.1 Å². The maximum atomic E-state index is 11.3. The van der Waals surface area contributed by atoms with Gasteiger partial charge in [-0.1, -0.05) is 40.0 Å². The van der Waals surface area contributed by atoms with Crippen LogP contribution in [0.1, 0.15) is 97.8 Å². The first-order valence-corrected chi connectivity index (χ1v) is 12.8. The molecule has 0 heterocycles. The number of aliphatic hydroxyl groups excluding tert-OH is 3. The molecule has 0 bridgehead atoms. The summed E-state index contributed by atoms with van der Waals surface area (Å²) < 4.78 is 0. The van der Waals surface area contributed by atoms with Gasteiger partial charge in [0.05, 0.1) is 12.2 Å². The second-order valence-corrected chi connectivity index (χ2v) is 12.0. The smallest absolute Gasteiger partial charge is 0.0577 e. The SMILES string of the molecule is C[C@H](CCCCCO)[C@H]1CCC2C3C(O)C[C@@H]4C[C@H](O)CC[C@]4(C)C3CC[C@@]21C. The lowest BCUT2D eigenvalue weighted by molar-refractivity contribution is -0.174. The Labute approximate surface area is 178 Å². The van der Waals surface area contributed by atoms with Crippen molar-refractivity contribution >= 4 is 0 Å². The molecule has 10 atom stereocenters. The fourth-order valence-corrected chi connectivity index (χ4v) is 9.13. The molecule has 4 unspecified atom stereocenters. The molecule has 0 aromatic carbocycles. The molecule has 4 saturated carbocycles. The fourth-order valence-electron chi connectivity index (χ4n) is 9.13. The average Bonchev–Trinajstić information content (AvgIpc) is 3.04. The van der Waals surface area contributed by atoms with Crippen molar-refractivity contribution in [2.24, 2.45) is 46.3 Å². The second kappa shape index (κ2) is 8.43. The molecule has 0 spiro atoms. The van der Waals surface area contributed by atoms with Crippen molar-refractivity contribution in [2.75, 3.05) is 6.61 Å². The lowest BCUT2D eigenvalue weighted by Gasteiger charge is -2.62. The van der Waals surface area contributed by atoms with Crippen molar-refractivity contribution in [1.29, 1.82) is 0 Å². The van der Waals surface area contributed by atoms with Crippen molar-refractivity contribution in [1.82, 2.24) is 0 Å². The molecular formula is C26H46O3. The van der Waals surface area contributed by atoms with Crippen LogP contribution in [0.3, 0.4) is 0 Å². The van der Waals surface area contributed by atoms with E-state index in [0.29, 0.717) is 41.1 Å².